The van der Waals surface area contributed by atoms with Crippen LogP contribution in [0.5, 0.6) is 0 Å². The van der Waals surface area contributed by atoms with E-state index in [2.05, 4.69) is 25.2 Å². The number of ether oxygens (including phenoxy) is 1. The molecule has 3 nitrogen and oxygen atoms in total. The number of methoxy groups -OCH3 is 1. The van der Waals surface area contributed by atoms with Crippen molar-refractivity contribution in [3.05, 3.63) is 47.5 Å². The van der Waals surface area contributed by atoms with Crippen molar-refractivity contribution in [2.24, 2.45) is 5.92 Å². The van der Waals surface area contributed by atoms with Crippen LogP contribution in [0.25, 0.3) is 0 Å². The third-order valence-corrected chi connectivity index (χ3v) is 2.72. The van der Waals surface area contributed by atoms with Crippen LogP contribution in [0.1, 0.15) is 31.1 Å². The van der Waals surface area contributed by atoms with E-state index >= 15 is 0 Å². The van der Waals surface area contributed by atoms with Gasteiger partial charge >= 0.3 is 5.97 Å². The molecule has 0 aliphatic heterocycles. The van der Waals surface area contributed by atoms with E-state index in [0.717, 1.165) is 6.42 Å². The van der Waals surface area contributed by atoms with Gasteiger partial charge < -0.3 is 9.84 Å². The summed E-state index contributed by atoms with van der Waals surface area (Å²) in [5, 5.41) is 9.96. The lowest BCUT2D eigenvalue weighted by atomic mass is 9.98. The quantitative estimate of drug-likeness (QED) is 0.643. The number of carbonyl (C=O) groups is 1. The summed E-state index contributed by atoms with van der Waals surface area (Å²) in [6.07, 6.45) is -0.0144. The van der Waals surface area contributed by atoms with E-state index in [-0.39, 0.29) is 5.57 Å². The van der Waals surface area contributed by atoms with Gasteiger partial charge in [-0.25, -0.2) is 4.79 Å². The zero-order valence-electron chi connectivity index (χ0n) is 11.1. The lowest BCUT2D eigenvalue weighted by Gasteiger charge is -2.13. The highest BCUT2D eigenvalue weighted by Crippen LogP contribution is 2.22. The van der Waals surface area contributed by atoms with Crippen LogP contribution in [0, 0.1) is 5.92 Å². The molecule has 0 heterocycles. The van der Waals surface area contributed by atoms with Gasteiger partial charge in [0.1, 0.15) is 6.10 Å². The Hall–Kier alpha value is -1.61. The summed E-state index contributed by atoms with van der Waals surface area (Å²) in [7, 11) is 1.27. The largest absolute Gasteiger partial charge is 0.466 e. The van der Waals surface area contributed by atoms with Crippen molar-refractivity contribution >= 4 is 5.97 Å². The molecule has 0 saturated carbocycles. The van der Waals surface area contributed by atoms with Gasteiger partial charge in [0.15, 0.2) is 0 Å². The van der Waals surface area contributed by atoms with Gasteiger partial charge in [-0.2, -0.15) is 0 Å². The Morgan fingerprint density at radius 3 is 2.33 bits per heavy atom. The smallest absolute Gasteiger partial charge is 0.336 e. The molecule has 0 bridgehead atoms. The van der Waals surface area contributed by atoms with E-state index in [1.54, 1.807) is 0 Å². The molecule has 0 fully saturated rings. The number of benzene rings is 1. The van der Waals surface area contributed by atoms with Gasteiger partial charge in [-0.15, -0.1) is 0 Å². The second-order valence-corrected chi connectivity index (χ2v) is 4.76. The summed E-state index contributed by atoms with van der Waals surface area (Å²) in [6, 6.07) is 7.55. The van der Waals surface area contributed by atoms with Crippen molar-refractivity contribution in [1.29, 1.82) is 0 Å². The Kier molecular flexibility index (Phi) is 5.10. The Bertz CT molecular complexity index is 418. The number of hydrogen-bond donors (Lipinski definition) is 1. The molecule has 18 heavy (non-hydrogen) atoms. The second kappa shape index (κ2) is 6.36. The molecule has 1 N–H and O–H groups in total. The van der Waals surface area contributed by atoms with Crippen molar-refractivity contribution < 1.29 is 14.6 Å². The molecule has 1 unspecified atom stereocenters. The van der Waals surface area contributed by atoms with Crippen LogP contribution in [0.3, 0.4) is 0 Å². The van der Waals surface area contributed by atoms with Crippen LogP contribution in [0.15, 0.2) is 36.4 Å². The minimum absolute atomic E-state index is 0.0501. The van der Waals surface area contributed by atoms with E-state index in [4.69, 9.17) is 0 Å². The minimum atomic E-state index is -1.01. The monoisotopic (exact) mass is 248 g/mol. The SMILES string of the molecule is C=C(C(=O)OC)C(O)c1ccc(CC(C)C)cc1. The molecule has 98 valence electrons. The fourth-order valence-electron chi connectivity index (χ4n) is 1.75. The molecule has 0 aliphatic carbocycles. The van der Waals surface area contributed by atoms with Crippen LogP contribution in [0.4, 0.5) is 0 Å². The van der Waals surface area contributed by atoms with Crippen molar-refractivity contribution in [3.8, 4) is 0 Å². The third-order valence-electron chi connectivity index (χ3n) is 2.72. The third kappa shape index (κ3) is 3.70. The normalized spacial score (nSPS) is 12.3. The first-order chi connectivity index (χ1) is 8.45. The van der Waals surface area contributed by atoms with Gasteiger partial charge in [0.05, 0.1) is 12.7 Å². The van der Waals surface area contributed by atoms with Gasteiger partial charge in [-0.05, 0) is 23.5 Å². The summed E-state index contributed by atoms with van der Waals surface area (Å²) < 4.78 is 4.53. The first-order valence-corrected chi connectivity index (χ1v) is 5.99. The Labute approximate surface area is 108 Å². The molecule has 0 spiro atoms. The predicted octanol–water partition coefficient (Wildman–Crippen LogP) is 2.65. The molecule has 1 aromatic carbocycles. The maximum absolute atomic E-state index is 11.3. The van der Waals surface area contributed by atoms with Crippen molar-refractivity contribution in [2.75, 3.05) is 7.11 Å². The van der Waals surface area contributed by atoms with Gasteiger partial charge in [0.25, 0.3) is 0 Å². The molecule has 0 aliphatic rings. The number of hydrogen-bond acceptors (Lipinski definition) is 3. The van der Waals surface area contributed by atoms with E-state index in [9.17, 15) is 9.90 Å². The standard InChI is InChI=1S/C15H20O3/c1-10(2)9-12-5-7-13(8-6-12)14(16)11(3)15(17)18-4/h5-8,10,14,16H,3,9H2,1-2,4H3. The first kappa shape index (κ1) is 14.5. The number of carbonyl (C=O) groups excluding carboxylic acids is 1. The minimum Gasteiger partial charge on any atom is -0.466 e. The summed E-state index contributed by atoms with van der Waals surface area (Å²) >= 11 is 0. The predicted molar refractivity (Wildman–Crippen MR) is 71.1 cm³/mol. The van der Waals surface area contributed by atoms with Crippen molar-refractivity contribution in [1.82, 2.24) is 0 Å². The zero-order chi connectivity index (χ0) is 13.7. The molecular weight excluding hydrogens is 228 g/mol. The Morgan fingerprint density at radius 2 is 1.89 bits per heavy atom. The highest BCUT2D eigenvalue weighted by Gasteiger charge is 2.18. The van der Waals surface area contributed by atoms with Crippen LogP contribution in [-0.4, -0.2) is 18.2 Å². The maximum atomic E-state index is 11.3. The van der Waals surface area contributed by atoms with Crippen LogP contribution in [0.2, 0.25) is 0 Å². The van der Waals surface area contributed by atoms with E-state index < -0.39 is 12.1 Å². The van der Waals surface area contributed by atoms with Crippen molar-refractivity contribution in [2.45, 2.75) is 26.4 Å². The topological polar surface area (TPSA) is 46.5 Å². The first-order valence-electron chi connectivity index (χ1n) is 5.99. The van der Waals surface area contributed by atoms with Crippen LogP contribution in [-0.2, 0) is 16.0 Å². The number of aliphatic hydroxyl groups is 1. The lowest BCUT2D eigenvalue weighted by molar-refractivity contribution is -0.137. The number of esters is 1. The number of rotatable bonds is 5. The Balaban J connectivity index is 2.78. The summed E-state index contributed by atoms with van der Waals surface area (Å²) in [4.78, 5) is 11.3. The number of aliphatic hydroxyl groups excluding tert-OH is 1. The molecular formula is C15H20O3. The summed E-state index contributed by atoms with van der Waals surface area (Å²) in [5.41, 5.74) is 1.91. The van der Waals surface area contributed by atoms with Crippen molar-refractivity contribution in [3.63, 3.8) is 0 Å². The molecule has 0 radical (unpaired) electrons. The molecule has 1 atom stereocenters. The van der Waals surface area contributed by atoms with Gasteiger partial charge in [-0.3, -0.25) is 0 Å². The van der Waals surface area contributed by atoms with E-state index in [1.807, 2.05) is 24.3 Å². The fourth-order valence-corrected chi connectivity index (χ4v) is 1.75. The Morgan fingerprint density at radius 1 is 1.33 bits per heavy atom. The van der Waals surface area contributed by atoms with E-state index in [1.165, 1.54) is 12.7 Å². The average molecular weight is 248 g/mol. The molecule has 0 aromatic heterocycles. The highest BCUT2D eigenvalue weighted by atomic mass is 16.5. The van der Waals surface area contributed by atoms with Gasteiger partial charge in [-0.1, -0.05) is 44.7 Å². The molecule has 3 heteroatoms. The van der Waals surface area contributed by atoms with Gasteiger partial charge in [0, 0.05) is 0 Å². The average Bonchev–Trinajstić information content (AvgIpc) is 2.36. The molecule has 0 amide bonds. The summed E-state index contributed by atoms with van der Waals surface area (Å²) in [6.45, 7) is 7.86. The van der Waals surface area contributed by atoms with Gasteiger partial charge in [0.2, 0.25) is 0 Å². The van der Waals surface area contributed by atoms with Crippen LogP contribution < -0.4 is 0 Å². The van der Waals surface area contributed by atoms with Crippen LogP contribution >= 0.6 is 0 Å². The lowest BCUT2D eigenvalue weighted by Crippen LogP contribution is -2.12. The molecule has 1 aromatic rings. The maximum Gasteiger partial charge on any atom is 0.336 e. The summed E-state index contributed by atoms with van der Waals surface area (Å²) in [5.74, 6) is -0.000403. The zero-order valence-corrected chi connectivity index (χ0v) is 11.1. The molecule has 1 rings (SSSR count). The fraction of sp³-hybridized carbons (Fsp3) is 0.400. The highest BCUT2D eigenvalue weighted by molar-refractivity contribution is 5.88. The molecule has 0 saturated heterocycles. The second-order valence-electron chi connectivity index (χ2n) is 4.76. The van der Waals surface area contributed by atoms with E-state index in [0.29, 0.717) is 11.5 Å².